The molecule has 1 aromatic rings. The lowest BCUT2D eigenvalue weighted by Gasteiger charge is -2.21. The number of sulfonamides is 1. The van der Waals surface area contributed by atoms with Gasteiger partial charge in [0, 0.05) is 25.4 Å². The number of rotatable bonds is 7. The van der Waals surface area contributed by atoms with Gasteiger partial charge >= 0.3 is 0 Å². The number of ether oxygens (including phenoxy) is 1. The number of anilines is 1. The van der Waals surface area contributed by atoms with E-state index in [1.54, 1.807) is 16.4 Å². The summed E-state index contributed by atoms with van der Waals surface area (Å²) in [4.78, 5) is 0. The minimum atomic E-state index is -3.25. The molecule has 0 aliphatic heterocycles. The van der Waals surface area contributed by atoms with Crippen molar-refractivity contribution < 1.29 is 13.2 Å². The molecule has 1 saturated carbocycles. The van der Waals surface area contributed by atoms with Gasteiger partial charge in [-0.25, -0.2) is 8.42 Å². The summed E-state index contributed by atoms with van der Waals surface area (Å²) >= 11 is 0. The molecule has 106 valence electrons. The molecule has 19 heavy (non-hydrogen) atoms. The van der Waals surface area contributed by atoms with Gasteiger partial charge < -0.3 is 10.5 Å². The lowest BCUT2D eigenvalue weighted by Crippen LogP contribution is -2.35. The summed E-state index contributed by atoms with van der Waals surface area (Å²) in [6.45, 7) is 0.643. The second-order valence-corrected chi connectivity index (χ2v) is 6.87. The predicted octanol–water partition coefficient (Wildman–Crippen LogP) is 1.21. The molecular weight excluding hydrogens is 264 g/mol. The molecule has 0 saturated heterocycles. The SMILES string of the molecule is COCCS(=O)(=O)N(Cc1ccc(N)cc1)C1CC1. The van der Waals surface area contributed by atoms with Gasteiger partial charge in [-0.15, -0.1) is 0 Å². The van der Waals surface area contributed by atoms with Crippen molar-refractivity contribution in [1.29, 1.82) is 0 Å². The molecule has 0 aromatic heterocycles. The van der Waals surface area contributed by atoms with E-state index in [9.17, 15) is 8.42 Å². The maximum absolute atomic E-state index is 12.3. The number of hydrogen-bond acceptors (Lipinski definition) is 4. The van der Waals surface area contributed by atoms with Gasteiger partial charge in [-0.1, -0.05) is 12.1 Å². The van der Waals surface area contributed by atoms with Crippen molar-refractivity contribution in [3.05, 3.63) is 29.8 Å². The molecule has 0 radical (unpaired) electrons. The number of hydrogen-bond donors (Lipinski definition) is 1. The Hall–Kier alpha value is -1.11. The zero-order valence-corrected chi connectivity index (χ0v) is 11.9. The van der Waals surface area contributed by atoms with Crippen LogP contribution in [-0.2, 0) is 21.3 Å². The van der Waals surface area contributed by atoms with Crippen LogP contribution in [0, 0.1) is 0 Å². The van der Waals surface area contributed by atoms with Crippen LogP contribution in [-0.4, -0.2) is 38.2 Å². The average molecular weight is 284 g/mol. The minimum Gasteiger partial charge on any atom is -0.399 e. The zero-order chi connectivity index (χ0) is 13.9. The van der Waals surface area contributed by atoms with Crippen LogP contribution in [0.3, 0.4) is 0 Å². The Kier molecular flexibility index (Phi) is 4.44. The smallest absolute Gasteiger partial charge is 0.216 e. The number of nitrogen functional groups attached to an aromatic ring is 1. The van der Waals surface area contributed by atoms with E-state index < -0.39 is 10.0 Å². The summed E-state index contributed by atoms with van der Waals surface area (Å²) in [5.74, 6) is 0.0367. The number of methoxy groups -OCH3 is 1. The van der Waals surface area contributed by atoms with Crippen LogP contribution >= 0.6 is 0 Å². The average Bonchev–Trinajstić information content (AvgIpc) is 3.20. The topological polar surface area (TPSA) is 72.6 Å². The van der Waals surface area contributed by atoms with Crippen molar-refractivity contribution >= 4 is 15.7 Å². The lowest BCUT2D eigenvalue weighted by atomic mass is 10.2. The summed E-state index contributed by atoms with van der Waals surface area (Å²) in [6, 6.07) is 7.48. The van der Waals surface area contributed by atoms with E-state index in [2.05, 4.69) is 0 Å². The Morgan fingerprint density at radius 2 is 1.95 bits per heavy atom. The highest BCUT2D eigenvalue weighted by Gasteiger charge is 2.36. The van der Waals surface area contributed by atoms with Gasteiger partial charge in [-0.2, -0.15) is 4.31 Å². The highest BCUT2D eigenvalue weighted by Crippen LogP contribution is 2.31. The lowest BCUT2D eigenvalue weighted by molar-refractivity contribution is 0.215. The third-order valence-electron chi connectivity index (χ3n) is 3.17. The fourth-order valence-electron chi connectivity index (χ4n) is 1.93. The normalized spacial score (nSPS) is 15.9. The van der Waals surface area contributed by atoms with Crippen molar-refractivity contribution in [2.75, 3.05) is 25.2 Å². The molecule has 0 amide bonds. The van der Waals surface area contributed by atoms with Crippen LogP contribution in [0.5, 0.6) is 0 Å². The second-order valence-electron chi connectivity index (χ2n) is 4.83. The molecule has 0 unspecified atom stereocenters. The van der Waals surface area contributed by atoms with Gasteiger partial charge in [0.25, 0.3) is 0 Å². The number of nitrogens with two attached hydrogens (primary N) is 1. The fraction of sp³-hybridized carbons (Fsp3) is 0.538. The molecule has 1 aliphatic carbocycles. The molecule has 2 N–H and O–H groups in total. The molecule has 6 heteroatoms. The maximum Gasteiger partial charge on any atom is 0.216 e. The largest absolute Gasteiger partial charge is 0.399 e. The van der Waals surface area contributed by atoms with Gasteiger partial charge in [0.05, 0.1) is 12.4 Å². The highest BCUT2D eigenvalue weighted by atomic mass is 32.2. The summed E-state index contributed by atoms with van der Waals surface area (Å²) in [6.07, 6.45) is 1.89. The van der Waals surface area contributed by atoms with Crippen LogP contribution in [0.2, 0.25) is 0 Å². The minimum absolute atomic E-state index is 0.0367. The third-order valence-corrected chi connectivity index (χ3v) is 5.00. The first-order chi connectivity index (χ1) is 9.03. The van der Waals surface area contributed by atoms with Crippen LogP contribution in [0.15, 0.2) is 24.3 Å². The molecule has 5 nitrogen and oxygen atoms in total. The Bertz CT molecular complexity index is 509. The van der Waals surface area contributed by atoms with Gasteiger partial charge in [-0.3, -0.25) is 0 Å². The first kappa shape index (κ1) is 14.3. The summed E-state index contributed by atoms with van der Waals surface area (Å²) in [5, 5.41) is 0. The van der Waals surface area contributed by atoms with Crippen molar-refractivity contribution in [1.82, 2.24) is 4.31 Å². The first-order valence-electron chi connectivity index (χ1n) is 6.36. The Balaban J connectivity index is 2.10. The molecule has 1 aliphatic rings. The molecule has 0 spiro atoms. The van der Waals surface area contributed by atoms with Gasteiger partial charge in [0.15, 0.2) is 0 Å². The van der Waals surface area contributed by atoms with Crippen LogP contribution in [0.25, 0.3) is 0 Å². The second kappa shape index (κ2) is 5.90. The summed E-state index contributed by atoms with van der Waals surface area (Å²) in [5.41, 5.74) is 7.28. The fourth-order valence-corrected chi connectivity index (χ4v) is 3.55. The van der Waals surface area contributed by atoms with E-state index in [0.29, 0.717) is 12.2 Å². The molecule has 0 heterocycles. The van der Waals surface area contributed by atoms with Crippen molar-refractivity contribution in [3.8, 4) is 0 Å². The Morgan fingerprint density at radius 1 is 1.32 bits per heavy atom. The van der Waals surface area contributed by atoms with E-state index >= 15 is 0 Å². The zero-order valence-electron chi connectivity index (χ0n) is 11.1. The quantitative estimate of drug-likeness (QED) is 0.764. The highest BCUT2D eigenvalue weighted by molar-refractivity contribution is 7.89. The molecule has 0 atom stereocenters. The molecule has 2 rings (SSSR count). The Morgan fingerprint density at radius 3 is 2.47 bits per heavy atom. The van der Waals surface area contributed by atoms with Gasteiger partial charge in [-0.05, 0) is 30.5 Å². The van der Waals surface area contributed by atoms with E-state index in [1.165, 1.54) is 7.11 Å². The predicted molar refractivity (Wildman–Crippen MR) is 75.1 cm³/mol. The molecule has 1 aromatic carbocycles. The van der Waals surface area contributed by atoms with Crippen molar-refractivity contribution in [2.24, 2.45) is 0 Å². The van der Waals surface area contributed by atoms with Gasteiger partial charge in [0.1, 0.15) is 0 Å². The summed E-state index contributed by atoms with van der Waals surface area (Å²) < 4.78 is 31.0. The van der Waals surface area contributed by atoms with Gasteiger partial charge in [0.2, 0.25) is 10.0 Å². The van der Waals surface area contributed by atoms with E-state index in [-0.39, 0.29) is 18.4 Å². The number of benzene rings is 1. The molecule has 0 bridgehead atoms. The van der Waals surface area contributed by atoms with Crippen molar-refractivity contribution in [2.45, 2.75) is 25.4 Å². The monoisotopic (exact) mass is 284 g/mol. The third kappa shape index (κ3) is 3.92. The summed E-state index contributed by atoms with van der Waals surface area (Å²) in [7, 11) is -1.74. The Labute approximate surface area is 114 Å². The maximum atomic E-state index is 12.3. The molecule has 1 fully saturated rings. The van der Waals surface area contributed by atoms with E-state index in [0.717, 1.165) is 18.4 Å². The first-order valence-corrected chi connectivity index (χ1v) is 7.97. The van der Waals surface area contributed by atoms with Crippen LogP contribution in [0.4, 0.5) is 5.69 Å². The molecular formula is C13H20N2O3S. The number of nitrogens with zero attached hydrogens (tertiary/aromatic N) is 1. The van der Waals surface area contributed by atoms with Crippen LogP contribution in [0.1, 0.15) is 18.4 Å². The van der Waals surface area contributed by atoms with Crippen molar-refractivity contribution in [3.63, 3.8) is 0 Å². The standard InChI is InChI=1S/C13H20N2O3S/c1-18-8-9-19(16,17)15(13-6-7-13)10-11-2-4-12(14)5-3-11/h2-5,13H,6-10,14H2,1H3. The van der Waals surface area contributed by atoms with E-state index in [4.69, 9.17) is 10.5 Å². The van der Waals surface area contributed by atoms with Crippen LogP contribution < -0.4 is 5.73 Å². The van der Waals surface area contributed by atoms with E-state index in [1.807, 2.05) is 12.1 Å².